The fraction of sp³-hybridized carbons (Fsp3) is 0.158. The number of rotatable bonds is 4. The molecule has 2 atom stereocenters. The number of nitrogen functional groups attached to an aromatic ring is 1. The number of fused-ring (bicyclic) bond motifs is 1. The summed E-state index contributed by atoms with van der Waals surface area (Å²) in [6.45, 7) is 0. The molecular weight excluding hydrogens is 399 g/mol. The number of benzene rings is 2. The van der Waals surface area contributed by atoms with Crippen LogP contribution in [0.25, 0.3) is 0 Å². The van der Waals surface area contributed by atoms with Crippen LogP contribution in [-0.2, 0) is 6.42 Å². The number of aliphatic hydroxyl groups excluding tert-OH is 1. The van der Waals surface area contributed by atoms with E-state index < -0.39 is 6.10 Å². The smallest absolute Gasteiger partial charge is 0.223 e. The van der Waals surface area contributed by atoms with Crippen LogP contribution in [-0.4, -0.2) is 21.2 Å². The van der Waals surface area contributed by atoms with Gasteiger partial charge in [-0.05, 0) is 35.4 Å². The maximum absolute atomic E-state index is 10.5. The number of hydrogen-bond donors (Lipinski definition) is 3. The molecule has 1 aliphatic carbocycles. The maximum atomic E-state index is 10.5. The topological polar surface area (TPSA) is 109 Å². The first-order valence-electron chi connectivity index (χ1n) is 8.54. The van der Waals surface area contributed by atoms with Gasteiger partial charge in [-0.15, -0.1) is 5.11 Å². The van der Waals surface area contributed by atoms with E-state index in [1.54, 1.807) is 24.3 Å². The minimum atomic E-state index is -0.617. The van der Waals surface area contributed by atoms with Gasteiger partial charge in [0.2, 0.25) is 5.95 Å². The Bertz CT molecular complexity index is 1040. The molecule has 2 aromatic carbocycles. The largest absolute Gasteiger partial charge is 0.390 e. The van der Waals surface area contributed by atoms with Gasteiger partial charge >= 0.3 is 0 Å². The molecule has 28 heavy (non-hydrogen) atoms. The van der Waals surface area contributed by atoms with Crippen LogP contribution in [0.4, 0.5) is 23.1 Å². The molecule has 0 aliphatic heterocycles. The predicted octanol–water partition coefficient (Wildman–Crippen LogP) is 4.85. The van der Waals surface area contributed by atoms with Crippen molar-refractivity contribution in [3.63, 3.8) is 0 Å². The molecule has 1 aromatic heterocycles. The molecule has 9 heteroatoms. The van der Waals surface area contributed by atoms with Crippen molar-refractivity contribution >= 4 is 46.3 Å². The summed E-state index contributed by atoms with van der Waals surface area (Å²) < 4.78 is 0. The van der Waals surface area contributed by atoms with Gasteiger partial charge < -0.3 is 16.2 Å². The van der Waals surface area contributed by atoms with E-state index in [9.17, 15) is 5.11 Å². The van der Waals surface area contributed by atoms with Crippen molar-refractivity contribution in [2.45, 2.75) is 18.6 Å². The average Bonchev–Trinajstić information content (AvgIpc) is 2.98. The Hall–Kier alpha value is -2.74. The van der Waals surface area contributed by atoms with E-state index in [1.165, 1.54) is 0 Å². The maximum Gasteiger partial charge on any atom is 0.223 e. The zero-order chi connectivity index (χ0) is 19.7. The summed E-state index contributed by atoms with van der Waals surface area (Å²) in [5.41, 5.74) is 8.65. The van der Waals surface area contributed by atoms with Crippen LogP contribution < -0.4 is 11.1 Å². The SMILES string of the molecule is Nc1nc(Cl)c(N=Nc2ccc(Cl)cc2)c(N[C@H]2c3ccccc3C[C@H]2O)n1. The van der Waals surface area contributed by atoms with Crippen LogP contribution in [0.15, 0.2) is 58.8 Å². The lowest BCUT2D eigenvalue weighted by Crippen LogP contribution is -2.22. The first kappa shape index (κ1) is 18.6. The third-order valence-electron chi connectivity index (χ3n) is 4.45. The highest BCUT2D eigenvalue weighted by Gasteiger charge is 2.32. The zero-order valence-electron chi connectivity index (χ0n) is 14.5. The lowest BCUT2D eigenvalue weighted by molar-refractivity contribution is 0.165. The zero-order valence-corrected chi connectivity index (χ0v) is 16.1. The lowest BCUT2D eigenvalue weighted by atomic mass is 10.1. The van der Waals surface area contributed by atoms with Gasteiger partial charge in [-0.2, -0.15) is 15.1 Å². The van der Waals surface area contributed by atoms with Crippen LogP contribution in [0.2, 0.25) is 10.2 Å². The summed E-state index contributed by atoms with van der Waals surface area (Å²) in [6, 6.07) is 14.3. The third-order valence-corrected chi connectivity index (χ3v) is 4.96. The fourth-order valence-corrected chi connectivity index (χ4v) is 3.48. The monoisotopic (exact) mass is 414 g/mol. The molecule has 0 unspecified atom stereocenters. The molecule has 1 aliphatic rings. The molecular formula is C19H16Cl2N6O. The minimum absolute atomic E-state index is 0.00119. The van der Waals surface area contributed by atoms with Gasteiger partial charge in [-0.25, -0.2) is 0 Å². The van der Waals surface area contributed by atoms with Crippen molar-refractivity contribution in [1.29, 1.82) is 0 Å². The highest BCUT2D eigenvalue weighted by Crippen LogP contribution is 2.38. The van der Waals surface area contributed by atoms with Crippen molar-refractivity contribution in [2.75, 3.05) is 11.1 Å². The van der Waals surface area contributed by atoms with E-state index in [2.05, 4.69) is 25.5 Å². The van der Waals surface area contributed by atoms with Gasteiger partial charge in [0.1, 0.15) is 0 Å². The number of aromatic nitrogens is 2. The molecule has 0 bridgehead atoms. The number of halogens is 2. The predicted molar refractivity (Wildman–Crippen MR) is 110 cm³/mol. The number of aliphatic hydroxyl groups is 1. The van der Waals surface area contributed by atoms with E-state index in [4.69, 9.17) is 28.9 Å². The van der Waals surface area contributed by atoms with Gasteiger partial charge in [0.25, 0.3) is 0 Å². The Morgan fingerprint density at radius 2 is 1.79 bits per heavy atom. The second-order valence-electron chi connectivity index (χ2n) is 6.34. The molecule has 0 spiro atoms. The summed E-state index contributed by atoms with van der Waals surface area (Å²) >= 11 is 12.1. The van der Waals surface area contributed by atoms with Gasteiger partial charge in [-0.3, -0.25) is 0 Å². The number of hydrogen-bond acceptors (Lipinski definition) is 7. The molecule has 0 radical (unpaired) electrons. The Morgan fingerprint density at radius 1 is 1.04 bits per heavy atom. The molecule has 0 fully saturated rings. The Kier molecular flexibility index (Phi) is 5.13. The molecule has 4 rings (SSSR count). The minimum Gasteiger partial charge on any atom is -0.390 e. The van der Waals surface area contributed by atoms with Crippen molar-refractivity contribution < 1.29 is 5.11 Å². The van der Waals surface area contributed by atoms with E-state index in [-0.39, 0.29) is 22.8 Å². The summed E-state index contributed by atoms with van der Waals surface area (Å²) in [5, 5.41) is 22.7. The van der Waals surface area contributed by atoms with Crippen LogP contribution in [0, 0.1) is 0 Å². The molecule has 0 saturated heterocycles. The summed E-state index contributed by atoms with van der Waals surface area (Å²) in [7, 11) is 0. The molecule has 0 saturated carbocycles. The van der Waals surface area contributed by atoms with Crippen molar-refractivity contribution in [3.8, 4) is 0 Å². The standard InChI is InChI=1S/C19H16Cl2N6O/c20-11-5-7-12(8-6-11)26-27-16-17(21)24-19(22)25-18(16)23-15-13-4-2-1-3-10(13)9-14(15)28/h1-8,14-15,28H,9H2,(H3,22,23,24,25)/t14-,15+/m1/s1. The Balaban J connectivity index is 1.68. The van der Waals surface area contributed by atoms with Crippen LogP contribution in [0.1, 0.15) is 17.2 Å². The first-order chi connectivity index (χ1) is 13.5. The van der Waals surface area contributed by atoms with E-state index in [0.29, 0.717) is 22.9 Å². The molecule has 0 amide bonds. The molecule has 4 N–H and O–H groups in total. The normalized spacial score (nSPS) is 18.4. The lowest BCUT2D eigenvalue weighted by Gasteiger charge is -2.19. The summed E-state index contributed by atoms with van der Waals surface area (Å²) in [6.07, 6.45) is -0.0718. The first-order valence-corrected chi connectivity index (χ1v) is 9.29. The van der Waals surface area contributed by atoms with E-state index >= 15 is 0 Å². The number of nitrogens with one attached hydrogen (secondary N) is 1. The third kappa shape index (κ3) is 3.77. The van der Waals surface area contributed by atoms with Gasteiger partial charge in [0.05, 0.1) is 17.8 Å². The van der Waals surface area contributed by atoms with Crippen molar-refractivity contribution in [1.82, 2.24) is 9.97 Å². The fourth-order valence-electron chi connectivity index (χ4n) is 3.14. The highest BCUT2D eigenvalue weighted by molar-refractivity contribution is 6.32. The summed E-state index contributed by atoms with van der Waals surface area (Å²) in [4.78, 5) is 8.17. The highest BCUT2D eigenvalue weighted by atomic mass is 35.5. The van der Waals surface area contributed by atoms with Crippen LogP contribution >= 0.6 is 23.2 Å². The second-order valence-corrected chi connectivity index (χ2v) is 7.13. The van der Waals surface area contributed by atoms with Gasteiger partial charge in [-0.1, -0.05) is 47.5 Å². The van der Waals surface area contributed by atoms with E-state index in [1.807, 2.05) is 24.3 Å². The second kappa shape index (κ2) is 7.71. The van der Waals surface area contributed by atoms with Crippen LogP contribution in [0.3, 0.4) is 0 Å². The van der Waals surface area contributed by atoms with Crippen molar-refractivity contribution in [3.05, 3.63) is 69.8 Å². The van der Waals surface area contributed by atoms with Crippen molar-refractivity contribution in [2.24, 2.45) is 10.2 Å². The van der Waals surface area contributed by atoms with Crippen LogP contribution in [0.5, 0.6) is 0 Å². The molecule has 7 nitrogen and oxygen atoms in total. The number of anilines is 2. The Labute approximate surface area is 171 Å². The van der Waals surface area contributed by atoms with Gasteiger partial charge in [0, 0.05) is 11.4 Å². The number of nitrogens with zero attached hydrogens (tertiary/aromatic N) is 4. The quantitative estimate of drug-likeness (QED) is 0.417. The molecule has 142 valence electrons. The molecule has 1 heterocycles. The van der Waals surface area contributed by atoms with Gasteiger partial charge in [0.15, 0.2) is 16.7 Å². The Morgan fingerprint density at radius 3 is 2.57 bits per heavy atom. The average molecular weight is 415 g/mol. The number of nitrogens with two attached hydrogens (primary N) is 1. The summed E-state index contributed by atoms with van der Waals surface area (Å²) in [5.74, 6) is 0.301. The van der Waals surface area contributed by atoms with E-state index in [0.717, 1.165) is 11.1 Å². The molecule has 3 aromatic rings. The number of azo groups is 1.